The quantitative estimate of drug-likeness (QED) is 0.707. The third kappa shape index (κ3) is 2.75. The van der Waals surface area contributed by atoms with E-state index in [1.165, 1.54) is 10.1 Å². The van der Waals surface area contributed by atoms with E-state index in [1.807, 2.05) is 0 Å². The molecule has 62 valence electrons. The zero-order valence-electron chi connectivity index (χ0n) is 7.68. The summed E-state index contributed by atoms with van der Waals surface area (Å²) in [5.41, 5.74) is 1.81. The summed E-state index contributed by atoms with van der Waals surface area (Å²) in [5, 5.41) is 0. The average molecular weight is 237 g/mol. The van der Waals surface area contributed by atoms with Gasteiger partial charge in [-0.3, -0.25) is 0 Å². The van der Waals surface area contributed by atoms with Gasteiger partial charge in [0.05, 0.1) is 0 Å². The third-order valence-electron chi connectivity index (χ3n) is 2.27. The average Bonchev–Trinajstić information content (AvgIpc) is 2.06. The molecule has 0 aliphatic heterocycles. The number of benzene rings is 1. The molecule has 0 radical (unpaired) electrons. The molecule has 0 unspecified atom stereocenters. The summed E-state index contributed by atoms with van der Waals surface area (Å²) in [7, 11) is 0. The lowest BCUT2D eigenvalue weighted by molar-refractivity contribution is 0.589. The second-order valence-corrected chi connectivity index (χ2v) is 6.95. The lowest BCUT2D eigenvalue weighted by atomic mass is 9.87. The molecule has 0 aromatic heterocycles. The van der Waals surface area contributed by atoms with Crippen LogP contribution in [0.5, 0.6) is 0 Å². The minimum atomic E-state index is -0.0215. The highest BCUT2D eigenvalue weighted by atomic mass is 79.9. The maximum absolute atomic E-state index is 3.62. The Morgan fingerprint density at radius 3 is 2.33 bits per heavy atom. The zero-order chi connectivity index (χ0) is 9.03. The highest BCUT2D eigenvalue weighted by molar-refractivity contribution is 9.23. The summed E-state index contributed by atoms with van der Waals surface area (Å²) in [4.78, 5) is 0. The molecule has 0 saturated heterocycles. The van der Waals surface area contributed by atoms with E-state index < -0.39 is 0 Å². The summed E-state index contributed by atoms with van der Waals surface area (Å²) in [6, 6.07) is 10.7. The van der Waals surface area contributed by atoms with Gasteiger partial charge in [-0.1, -0.05) is 44.2 Å². The lowest BCUT2D eigenvalue weighted by Gasteiger charge is -2.24. The molecule has 0 spiro atoms. The molecular formula is C10H13BrMg. The van der Waals surface area contributed by atoms with Gasteiger partial charge in [-0.15, -0.1) is 4.55 Å². The van der Waals surface area contributed by atoms with Crippen LogP contribution in [0, 0.1) is 0 Å². The van der Waals surface area contributed by atoms with Crippen LogP contribution in [0.2, 0.25) is 4.55 Å². The van der Waals surface area contributed by atoms with Crippen LogP contribution < -0.4 is 0 Å². The summed E-state index contributed by atoms with van der Waals surface area (Å²) in [5.74, 6) is 0. The van der Waals surface area contributed by atoms with Crippen LogP contribution >= 0.6 is 12.9 Å². The Hall–Kier alpha value is 0.466. The highest BCUT2D eigenvalue weighted by Gasteiger charge is 2.19. The van der Waals surface area contributed by atoms with Crippen molar-refractivity contribution in [1.82, 2.24) is 0 Å². The van der Waals surface area contributed by atoms with Crippen molar-refractivity contribution in [3.8, 4) is 0 Å². The Balaban J connectivity index is 2.82. The van der Waals surface area contributed by atoms with Crippen LogP contribution in [0.15, 0.2) is 30.3 Å². The van der Waals surface area contributed by atoms with Gasteiger partial charge >= 0.3 is 18.2 Å². The first-order chi connectivity index (χ1) is 5.67. The number of hydrogen-bond acceptors (Lipinski definition) is 0. The Kier molecular flexibility index (Phi) is 4.07. The first kappa shape index (κ1) is 10.5. The fraction of sp³-hybridized carbons (Fsp3) is 0.400. The first-order valence-corrected chi connectivity index (χ1v) is 9.18. The molecule has 1 aromatic carbocycles. The highest BCUT2D eigenvalue weighted by Crippen LogP contribution is 2.27. The monoisotopic (exact) mass is 236 g/mol. The topological polar surface area (TPSA) is 0 Å². The van der Waals surface area contributed by atoms with Crippen molar-refractivity contribution in [3.63, 3.8) is 0 Å². The van der Waals surface area contributed by atoms with E-state index in [1.54, 1.807) is 0 Å². The first-order valence-electron chi connectivity index (χ1n) is 4.28. The van der Waals surface area contributed by atoms with Crippen molar-refractivity contribution in [2.75, 3.05) is 0 Å². The van der Waals surface area contributed by atoms with E-state index in [0.29, 0.717) is 5.41 Å². The molecule has 2 heteroatoms. The number of hydrogen-bond donors (Lipinski definition) is 0. The molecule has 0 heterocycles. The van der Waals surface area contributed by atoms with E-state index in [9.17, 15) is 0 Å². The molecule has 0 atom stereocenters. The zero-order valence-corrected chi connectivity index (χ0v) is 10.7. The van der Waals surface area contributed by atoms with Crippen molar-refractivity contribution >= 4 is 31.1 Å². The number of halogens is 1. The Morgan fingerprint density at radius 1 is 1.25 bits per heavy atom. The van der Waals surface area contributed by atoms with E-state index in [-0.39, 0.29) is 18.2 Å². The second kappa shape index (κ2) is 4.63. The van der Waals surface area contributed by atoms with Crippen molar-refractivity contribution in [2.45, 2.75) is 23.8 Å². The van der Waals surface area contributed by atoms with Gasteiger partial charge in [-0.25, -0.2) is 0 Å². The molecule has 0 aliphatic carbocycles. The molecule has 1 rings (SSSR count). The van der Waals surface area contributed by atoms with Crippen molar-refractivity contribution < 1.29 is 0 Å². The van der Waals surface area contributed by atoms with Crippen molar-refractivity contribution in [2.24, 2.45) is 0 Å². The van der Waals surface area contributed by atoms with Gasteiger partial charge in [0, 0.05) is 0 Å². The van der Waals surface area contributed by atoms with Gasteiger partial charge in [0.15, 0.2) is 0 Å². The number of rotatable bonds is 3. The molecule has 12 heavy (non-hydrogen) atoms. The lowest BCUT2D eigenvalue weighted by Crippen LogP contribution is -2.17. The van der Waals surface area contributed by atoms with Gasteiger partial charge in [0.1, 0.15) is 0 Å². The minimum Gasteiger partial charge on any atom is -0.307 e. The van der Waals surface area contributed by atoms with Gasteiger partial charge in [0.25, 0.3) is 0 Å². The molecular weight excluding hydrogens is 224 g/mol. The fourth-order valence-electron chi connectivity index (χ4n) is 1.27. The van der Waals surface area contributed by atoms with E-state index in [2.05, 4.69) is 57.1 Å². The predicted octanol–water partition coefficient (Wildman–Crippen LogP) is 3.40. The predicted molar refractivity (Wildman–Crippen MR) is 59.0 cm³/mol. The molecule has 0 N–H and O–H groups in total. The van der Waals surface area contributed by atoms with Crippen LogP contribution in [-0.2, 0) is 5.41 Å². The SMILES string of the molecule is CC(C)([CH2][Mg][Br])c1ccccc1. The van der Waals surface area contributed by atoms with E-state index in [4.69, 9.17) is 0 Å². The van der Waals surface area contributed by atoms with Crippen molar-refractivity contribution in [3.05, 3.63) is 35.9 Å². The van der Waals surface area contributed by atoms with Gasteiger partial charge in [0.2, 0.25) is 0 Å². The fourth-order valence-corrected chi connectivity index (χ4v) is 5.00. The van der Waals surface area contributed by atoms with Crippen LogP contribution in [0.4, 0.5) is 0 Å². The molecule has 0 saturated carbocycles. The van der Waals surface area contributed by atoms with E-state index in [0.717, 1.165) is 0 Å². The molecule has 1 aromatic rings. The smallest absolute Gasteiger partial charge is 0.307 e. The Morgan fingerprint density at radius 2 is 1.83 bits per heavy atom. The summed E-state index contributed by atoms with van der Waals surface area (Å²) < 4.78 is 1.32. The van der Waals surface area contributed by atoms with Crippen LogP contribution in [0.3, 0.4) is 0 Å². The van der Waals surface area contributed by atoms with Gasteiger partial charge < -0.3 is 12.9 Å². The second-order valence-electron chi connectivity index (χ2n) is 3.69. The summed E-state index contributed by atoms with van der Waals surface area (Å²) in [6.07, 6.45) is 0. The standard InChI is InChI=1S/C10H13.BrH.Mg/c1-10(2,3)9-7-5-4-6-8-9;;/h4-8H,1H2,2-3H3;1H;/q;;+1/p-1. The van der Waals surface area contributed by atoms with Crippen molar-refractivity contribution in [1.29, 1.82) is 0 Å². The Labute approximate surface area is 90.3 Å². The molecule has 0 bridgehead atoms. The molecule has 0 aliphatic rings. The third-order valence-corrected chi connectivity index (χ3v) is 4.90. The van der Waals surface area contributed by atoms with Crippen LogP contribution in [0.25, 0.3) is 0 Å². The molecule has 0 amide bonds. The van der Waals surface area contributed by atoms with Crippen LogP contribution in [-0.4, -0.2) is 18.2 Å². The maximum Gasteiger partial charge on any atom is 0.469 e. The largest absolute Gasteiger partial charge is 0.469 e. The molecule has 0 fully saturated rings. The van der Waals surface area contributed by atoms with Crippen LogP contribution in [0.1, 0.15) is 19.4 Å². The normalized spacial score (nSPS) is 10.9. The Bertz CT molecular complexity index is 231. The van der Waals surface area contributed by atoms with E-state index >= 15 is 0 Å². The summed E-state index contributed by atoms with van der Waals surface area (Å²) in [6.45, 7) is 4.63. The molecule has 0 nitrogen and oxygen atoms in total. The maximum atomic E-state index is 3.62. The van der Waals surface area contributed by atoms with Gasteiger partial charge in [-0.05, 0) is 11.0 Å². The minimum absolute atomic E-state index is 0.0215. The van der Waals surface area contributed by atoms with Gasteiger partial charge in [-0.2, -0.15) is 0 Å². The summed E-state index contributed by atoms with van der Waals surface area (Å²) >= 11 is 3.60.